The minimum atomic E-state index is 0.284. The lowest BCUT2D eigenvalue weighted by molar-refractivity contribution is 0.181. The second kappa shape index (κ2) is 5.21. The number of aryl methyl sites for hydroxylation is 2. The molecule has 5 nitrogen and oxygen atoms in total. The SMILES string of the molecule is CCN(c1c(N)c(C)nn1C)C(C)COC. The summed E-state index contributed by atoms with van der Waals surface area (Å²) >= 11 is 0. The fourth-order valence-electron chi connectivity index (χ4n) is 2.00. The molecule has 0 saturated heterocycles. The second-order valence-corrected chi connectivity index (χ2v) is 4.04. The van der Waals surface area contributed by atoms with E-state index in [0.29, 0.717) is 6.61 Å². The Hall–Kier alpha value is -1.23. The third-order valence-electron chi connectivity index (χ3n) is 2.79. The summed E-state index contributed by atoms with van der Waals surface area (Å²) in [6.45, 7) is 7.71. The van der Waals surface area contributed by atoms with Crippen LogP contribution in [0.5, 0.6) is 0 Å². The second-order valence-electron chi connectivity index (χ2n) is 4.04. The summed E-state index contributed by atoms with van der Waals surface area (Å²) in [4.78, 5) is 2.21. The third kappa shape index (κ3) is 2.29. The molecular weight excluding hydrogens is 204 g/mol. The molecule has 1 atom stereocenters. The first-order valence-electron chi connectivity index (χ1n) is 5.57. The zero-order chi connectivity index (χ0) is 12.3. The predicted octanol–water partition coefficient (Wildman–Crippen LogP) is 1.17. The fourth-order valence-corrected chi connectivity index (χ4v) is 2.00. The van der Waals surface area contributed by atoms with Crippen molar-refractivity contribution < 1.29 is 4.74 Å². The van der Waals surface area contributed by atoms with Crippen molar-refractivity contribution in [1.29, 1.82) is 0 Å². The summed E-state index contributed by atoms with van der Waals surface area (Å²) < 4.78 is 7.02. The van der Waals surface area contributed by atoms with Crippen molar-refractivity contribution >= 4 is 11.5 Å². The topological polar surface area (TPSA) is 56.3 Å². The van der Waals surface area contributed by atoms with Crippen molar-refractivity contribution in [2.75, 3.05) is 30.9 Å². The number of methoxy groups -OCH3 is 1. The molecule has 1 rings (SSSR count). The van der Waals surface area contributed by atoms with Crippen molar-refractivity contribution in [2.24, 2.45) is 7.05 Å². The van der Waals surface area contributed by atoms with Crippen LogP contribution in [0.1, 0.15) is 19.5 Å². The number of hydrogen-bond acceptors (Lipinski definition) is 4. The maximum Gasteiger partial charge on any atom is 0.150 e. The maximum atomic E-state index is 6.05. The molecule has 0 fully saturated rings. The molecule has 0 aliphatic heterocycles. The molecule has 0 aliphatic carbocycles. The lowest BCUT2D eigenvalue weighted by Crippen LogP contribution is -2.37. The van der Waals surface area contributed by atoms with Gasteiger partial charge in [-0.25, -0.2) is 0 Å². The van der Waals surface area contributed by atoms with E-state index in [4.69, 9.17) is 10.5 Å². The molecule has 2 N–H and O–H groups in total. The van der Waals surface area contributed by atoms with E-state index in [2.05, 4.69) is 23.8 Å². The fraction of sp³-hybridized carbons (Fsp3) is 0.727. The molecule has 0 radical (unpaired) electrons. The molecule has 92 valence electrons. The van der Waals surface area contributed by atoms with Gasteiger partial charge in [-0.1, -0.05) is 0 Å². The highest BCUT2D eigenvalue weighted by molar-refractivity contribution is 5.66. The number of rotatable bonds is 5. The van der Waals surface area contributed by atoms with E-state index in [1.165, 1.54) is 0 Å². The minimum Gasteiger partial charge on any atom is -0.394 e. The van der Waals surface area contributed by atoms with Gasteiger partial charge in [-0.05, 0) is 20.8 Å². The van der Waals surface area contributed by atoms with Crippen LogP contribution in [0.2, 0.25) is 0 Å². The summed E-state index contributed by atoms with van der Waals surface area (Å²) in [6, 6.07) is 0.284. The Balaban J connectivity index is 3.03. The van der Waals surface area contributed by atoms with Gasteiger partial charge in [-0.3, -0.25) is 4.68 Å². The largest absolute Gasteiger partial charge is 0.394 e. The number of nitrogens with two attached hydrogens (primary N) is 1. The first kappa shape index (κ1) is 12.8. The molecule has 1 heterocycles. The first-order valence-corrected chi connectivity index (χ1v) is 5.57. The van der Waals surface area contributed by atoms with Crippen LogP contribution in [-0.4, -0.2) is 36.1 Å². The van der Waals surface area contributed by atoms with E-state index in [0.717, 1.165) is 23.7 Å². The van der Waals surface area contributed by atoms with E-state index < -0.39 is 0 Å². The number of hydrogen-bond donors (Lipinski definition) is 1. The summed E-state index contributed by atoms with van der Waals surface area (Å²) in [5.74, 6) is 0.976. The van der Waals surface area contributed by atoms with Crippen LogP contribution in [0, 0.1) is 6.92 Å². The molecule has 0 aromatic carbocycles. The Morgan fingerprint density at radius 1 is 1.56 bits per heavy atom. The van der Waals surface area contributed by atoms with Crippen LogP contribution in [0.25, 0.3) is 0 Å². The van der Waals surface area contributed by atoms with Gasteiger partial charge in [0.25, 0.3) is 0 Å². The van der Waals surface area contributed by atoms with E-state index >= 15 is 0 Å². The summed E-state index contributed by atoms with van der Waals surface area (Å²) in [5, 5.41) is 4.33. The summed E-state index contributed by atoms with van der Waals surface area (Å²) in [6.07, 6.45) is 0. The van der Waals surface area contributed by atoms with Crippen molar-refractivity contribution in [3.63, 3.8) is 0 Å². The number of ether oxygens (including phenoxy) is 1. The van der Waals surface area contributed by atoms with E-state index in [9.17, 15) is 0 Å². The number of anilines is 2. The van der Waals surface area contributed by atoms with Gasteiger partial charge in [0.05, 0.1) is 24.0 Å². The van der Waals surface area contributed by atoms with Crippen molar-refractivity contribution in [3.05, 3.63) is 5.69 Å². The molecule has 0 aliphatic rings. The van der Waals surface area contributed by atoms with Gasteiger partial charge in [0.15, 0.2) is 5.82 Å². The van der Waals surface area contributed by atoms with E-state index in [-0.39, 0.29) is 6.04 Å². The molecule has 5 heteroatoms. The van der Waals surface area contributed by atoms with Gasteiger partial charge in [0.2, 0.25) is 0 Å². The van der Waals surface area contributed by atoms with Gasteiger partial charge in [0, 0.05) is 20.7 Å². The quantitative estimate of drug-likeness (QED) is 0.819. The highest BCUT2D eigenvalue weighted by atomic mass is 16.5. The van der Waals surface area contributed by atoms with Crippen molar-refractivity contribution in [2.45, 2.75) is 26.8 Å². The highest BCUT2D eigenvalue weighted by Crippen LogP contribution is 2.26. The average molecular weight is 226 g/mol. The Morgan fingerprint density at radius 2 is 2.19 bits per heavy atom. The van der Waals surface area contributed by atoms with E-state index in [1.54, 1.807) is 7.11 Å². The summed E-state index contributed by atoms with van der Waals surface area (Å²) in [7, 11) is 3.63. The van der Waals surface area contributed by atoms with Gasteiger partial charge in [-0.15, -0.1) is 0 Å². The van der Waals surface area contributed by atoms with Crippen LogP contribution in [0.3, 0.4) is 0 Å². The smallest absolute Gasteiger partial charge is 0.150 e. The molecule has 1 aromatic heterocycles. The third-order valence-corrected chi connectivity index (χ3v) is 2.79. The minimum absolute atomic E-state index is 0.284. The van der Waals surface area contributed by atoms with Crippen LogP contribution < -0.4 is 10.6 Å². The monoisotopic (exact) mass is 226 g/mol. The number of nitrogens with zero attached hydrogens (tertiary/aromatic N) is 3. The Bertz CT molecular complexity index is 348. The maximum absolute atomic E-state index is 6.05. The zero-order valence-corrected chi connectivity index (χ0v) is 10.8. The Labute approximate surface area is 97.2 Å². The van der Waals surface area contributed by atoms with E-state index in [1.807, 2.05) is 18.7 Å². The number of likely N-dealkylation sites (N-methyl/N-ethyl adjacent to an activating group) is 1. The summed E-state index contributed by atoms with van der Waals surface area (Å²) in [5.41, 5.74) is 7.68. The molecule has 0 spiro atoms. The number of aromatic nitrogens is 2. The van der Waals surface area contributed by atoms with Crippen molar-refractivity contribution in [1.82, 2.24) is 9.78 Å². The molecule has 0 bridgehead atoms. The zero-order valence-electron chi connectivity index (χ0n) is 10.8. The normalized spacial score (nSPS) is 12.8. The molecule has 16 heavy (non-hydrogen) atoms. The average Bonchev–Trinajstić information content (AvgIpc) is 2.46. The van der Waals surface area contributed by atoms with Gasteiger partial charge in [0.1, 0.15) is 0 Å². The molecule has 1 aromatic rings. The van der Waals surface area contributed by atoms with Crippen LogP contribution in [-0.2, 0) is 11.8 Å². The van der Waals surface area contributed by atoms with Crippen molar-refractivity contribution in [3.8, 4) is 0 Å². The molecular formula is C11H22N4O. The Kier molecular flexibility index (Phi) is 4.18. The lowest BCUT2D eigenvalue weighted by Gasteiger charge is -2.29. The molecule has 0 amide bonds. The van der Waals surface area contributed by atoms with Crippen LogP contribution in [0.15, 0.2) is 0 Å². The van der Waals surface area contributed by atoms with Gasteiger partial charge < -0.3 is 15.4 Å². The van der Waals surface area contributed by atoms with Crippen LogP contribution in [0.4, 0.5) is 11.5 Å². The molecule has 1 unspecified atom stereocenters. The number of nitrogen functional groups attached to an aromatic ring is 1. The van der Waals surface area contributed by atoms with Gasteiger partial charge in [-0.2, -0.15) is 5.10 Å². The lowest BCUT2D eigenvalue weighted by atomic mass is 10.2. The van der Waals surface area contributed by atoms with Crippen LogP contribution >= 0.6 is 0 Å². The molecule has 0 saturated carbocycles. The first-order chi connectivity index (χ1) is 7.52. The standard InChI is InChI=1S/C11H22N4O/c1-6-15(8(2)7-16-5)11-10(12)9(3)13-14(11)4/h8H,6-7,12H2,1-5H3. The highest BCUT2D eigenvalue weighted by Gasteiger charge is 2.20. The van der Waals surface area contributed by atoms with Gasteiger partial charge >= 0.3 is 0 Å². The Morgan fingerprint density at radius 3 is 2.56 bits per heavy atom. The predicted molar refractivity (Wildman–Crippen MR) is 66.7 cm³/mol.